The van der Waals surface area contributed by atoms with E-state index in [1.807, 2.05) is 36.4 Å². The van der Waals surface area contributed by atoms with Crippen molar-refractivity contribution in [2.45, 2.75) is 51.4 Å². The molecule has 23 heavy (non-hydrogen) atoms. The Hall–Kier alpha value is -1.61. The number of hydrogen-bond donors (Lipinski definition) is 0. The zero-order valence-corrected chi connectivity index (χ0v) is 14.5. The van der Waals surface area contributed by atoms with Crippen molar-refractivity contribution < 1.29 is 14.3 Å². The first-order chi connectivity index (χ1) is 11.1. The number of ketones is 1. The van der Waals surface area contributed by atoms with Gasteiger partial charge in [-0.25, -0.2) is 0 Å². The van der Waals surface area contributed by atoms with E-state index in [-0.39, 0.29) is 11.8 Å². The summed E-state index contributed by atoms with van der Waals surface area (Å²) in [5.41, 5.74) is 0.752. The summed E-state index contributed by atoms with van der Waals surface area (Å²) in [6, 6.07) is 9.31. The third kappa shape index (κ3) is 9.19. The third-order valence-corrected chi connectivity index (χ3v) is 3.95. The fraction of sp³-hybridized carbons (Fsp3) is 0.474. The molecule has 4 heteroatoms. The van der Waals surface area contributed by atoms with Crippen molar-refractivity contribution in [2.75, 3.05) is 7.11 Å². The zero-order valence-electron chi connectivity index (χ0n) is 13.7. The predicted molar refractivity (Wildman–Crippen MR) is 93.7 cm³/mol. The normalized spacial score (nSPS) is 11.3. The molecule has 0 saturated heterocycles. The summed E-state index contributed by atoms with van der Waals surface area (Å²) in [7, 11) is 1.41. The number of carbonyl (C=O) groups is 2. The van der Waals surface area contributed by atoms with Gasteiger partial charge in [0, 0.05) is 23.4 Å². The van der Waals surface area contributed by atoms with Crippen LogP contribution in [0.15, 0.2) is 41.4 Å². The van der Waals surface area contributed by atoms with E-state index < -0.39 is 0 Å². The van der Waals surface area contributed by atoms with Gasteiger partial charge in [-0.3, -0.25) is 9.59 Å². The average Bonchev–Trinajstić information content (AvgIpc) is 2.58. The molecule has 0 saturated carbocycles. The van der Waals surface area contributed by atoms with Crippen LogP contribution in [0.1, 0.15) is 61.7 Å². The van der Waals surface area contributed by atoms with Gasteiger partial charge in [0.2, 0.25) is 0 Å². The molecule has 0 N–H and O–H groups in total. The van der Waals surface area contributed by atoms with Crippen LogP contribution in [-0.4, -0.2) is 18.9 Å². The first kappa shape index (κ1) is 19.4. The standard InChI is InChI=1S/C19H25ClO3/c1-23-19(22)15-8-3-2-7-12-17(20)13-9-14-18(21)16-10-5-4-6-11-16/h4-6,10-11,13H,2-3,7-9,12,14-15H2,1H3/b17-13+. The van der Waals surface area contributed by atoms with Crippen LogP contribution in [0.4, 0.5) is 0 Å². The SMILES string of the molecule is COC(=O)CCCCCC/C(Cl)=C\CCC(=O)c1ccccc1. The molecule has 0 bridgehead atoms. The number of esters is 1. The first-order valence-corrected chi connectivity index (χ1v) is 8.51. The summed E-state index contributed by atoms with van der Waals surface area (Å²) >= 11 is 6.17. The van der Waals surface area contributed by atoms with Gasteiger partial charge in [0.1, 0.15) is 0 Å². The Bertz CT molecular complexity index is 509. The highest BCUT2D eigenvalue weighted by molar-refractivity contribution is 6.29. The summed E-state index contributed by atoms with van der Waals surface area (Å²) in [6.45, 7) is 0. The number of Topliss-reactive ketones (excluding diaryl/α,β-unsaturated/α-hetero) is 1. The van der Waals surface area contributed by atoms with E-state index in [2.05, 4.69) is 4.74 Å². The van der Waals surface area contributed by atoms with E-state index in [0.29, 0.717) is 19.3 Å². The van der Waals surface area contributed by atoms with E-state index in [9.17, 15) is 9.59 Å². The van der Waals surface area contributed by atoms with E-state index in [4.69, 9.17) is 11.6 Å². The second-order valence-electron chi connectivity index (χ2n) is 5.47. The number of halogens is 1. The van der Waals surface area contributed by atoms with Gasteiger partial charge >= 0.3 is 5.97 Å². The fourth-order valence-corrected chi connectivity index (χ4v) is 2.49. The Balaban J connectivity index is 2.10. The lowest BCUT2D eigenvalue weighted by atomic mass is 10.1. The predicted octanol–water partition coefficient (Wildman–Crippen LogP) is 5.29. The molecule has 1 aromatic rings. The lowest BCUT2D eigenvalue weighted by molar-refractivity contribution is -0.140. The van der Waals surface area contributed by atoms with Gasteiger partial charge < -0.3 is 4.74 Å². The second kappa shape index (κ2) is 11.9. The summed E-state index contributed by atoms with van der Waals surface area (Å²) in [5, 5.41) is 0.818. The number of rotatable bonds is 11. The minimum atomic E-state index is -0.147. The van der Waals surface area contributed by atoms with Gasteiger partial charge in [-0.05, 0) is 25.7 Å². The number of benzene rings is 1. The fourth-order valence-electron chi connectivity index (χ4n) is 2.25. The molecule has 0 atom stereocenters. The van der Waals surface area contributed by atoms with Crippen molar-refractivity contribution in [3.8, 4) is 0 Å². The lowest BCUT2D eigenvalue weighted by Crippen LogP contribution is -1.99. The van der Waals surface area contributed by atoms with Crippen molar-refractivity contribution in [1.29, 1.82) is 0 Å². The number of ether oxygens (including phenoxy) is 1. The zero-order chi connectivity index (χ0) is 16.9. The van der Waals surface area contributed by atoms with Gasteiger partial charge in [0.25, 0.3) is 0 Å². The van der Waals surface area contributed by atoms with E-state index >= 15 is 0 Å². The van der Waals surface area contributed by atoms with Gasteiger partial charge in [-0.1, -0.05) is 60.9 Å². The van der Waals surface area contributed by atoms with Crippen LogP contribution in [0.25, 0.3) is 0 Å². The molecule has 126 valence electrons. The van der Waals surface area contributed by atoms with E-state index in [0.717, 1.165) is 42.7 Å². The molecule has 0 amide bonds. The highest BCUT2D eigenvalue weighted by Gasteiger charge is 2.04. The third-order valence-electron chi connectivity index (χ3n) is 3.61. The number of methoxy groups -OCH3 is 1. The summed E-state index contributed by atoms with van der Waals surface area (Å²) in [4.78, 5) is 22.9. The van der Waals surface area contributed by atoms with Crippen molar-refractivity contribution in [3.63, 3.8) is 0 Å². The molecule has 0 heterocycles. The largest absolute Gasteiger partial charge is 0.469 e. The van der Waals surface area contributed by atoms with Gasteiger partial charge in [0.15, 0.2) is 5.78 Å². The molecule has 1 aromatic carbocycles. The van der Waals surface area contributed by atoms with E-state index in [1.165, 1.54) is 7.11 Å². The maximum atomic E-state index is 11.9. The Morgan fingerprint density at radius 2 is 1.65 bits per heavy atom. The lowest BCUT2D eigenvalue weighted by Gasteiger charge is -2.02. The van der Waals surface area contributed by atoms with Crippen LogP contribution in [0.3, 0.4) is 0 Å². The smallest absolute Gasteiger partial charge is 0.305 e. The molecule has 0 spiro atoms. The monoisotopic (exact) mass is 336 g/mol. The van der Waals surface area contributed by atoms with Crippen LogP contribution in [0, 0.1) is 0 Å². The number of carbonyl (C=O) groups excluding carboxylic acids is 2. The Morgan fingerprint density at radius 3 is 2.30 bits per heavy atom. The van der Waals surface area contributed by atoms with Crippen molar-refractivity contribution >= 4 is 23.4 Å². The molecule has 0 aliphatic heterocycles. The summed E-state index contributed by atoms with van der Waals surface area (Å²) < 4.78 is 4.59. The van der Waals surface area contributed by atoms with Crippen LogP contribution in [0.5, 0.6) is 0 Å². The summed E-state index contributed by atoms with van der Waals surface area (Å²) in [6.07, 6.45) is 8.34. The Kier molecular flexibility index (Phi) is 10.0. The van der Waals surface area contributed by atoms with Crippen molar-refractivity contribution in [1.82, 2.24) is 0 Å². The highest BCUT2D eigenvalue weighted by atomic mass is 35.5. The van der Waals surface area contributed by atoms with Crippen LogP contribution in [-0.2, 0) is 9.53 Å². The highest BCUT2D eigenvalue weighted by Crippen LogP contribution is 2.16. The van der Waals surface area contributed by atoms with Gasteiger partial charge in [0.05, 0.1) is 7.11 Å². The minimum Gasteiger partial charge on any atom is -0.469 e. The molecule has 0 fully saturated rings. The van der Waals surface area contributed by atoms with Crippen molar-refractivity contribution in [2.24, 2.45) is 0 Å². The molecule has 0 radical (unpaired) electrons. The van der Waals surface area contributed by atoms with Crippen LogP contribution < -0.4 is 0 Å². The first-order valence-electron chi connectivity index (χ1n) is 8.13. The minimum absolute atomic E-state index is 0.147. The van der Waals surface area contributed by atoms with Crippen LogP contribution >= 0.6 is 11.6 Å². The molecular formula is C19H25ClO3. The second-order valence-corrected chi connectivity index (χ2v) is 5.95. The van der Waals surface area contributed by atoms with Gasteiger partial charge in [-0.2, -0.15) is 0 Å². The molecule has 0 unspecified atom stereocenters. The summed E-state index contributed by atoms with van der Waals surface area (Å²) in [5.74, 6) is 0.000128. The number of hydrogen-bond acceptors (Lipinski definition) is 3. The topological polar surface area (TPSA) is 43.4 Å². The molecule has 0 aliphatic rings. The molecular weight excluding hydrogens is 312 g/mol. The average molecular weight is 337 g/mol. The molecule has 1 rings (SSSR count). The Labute approximate surface area is 143 Å². The van der Waals surface area contributed by atoms with Crippen LogP contribution in [0.2, 0.25) is 0 Å². The molecule has 3 nitrogen and oxygen atoms in total. The van der Waals surface area contributed by atoms with Gasteiger partial charge in [-0.15, -0.1) is 0 Å². The van der Waals surface area contributed by atoms with E-state index in [1.54, 1.807) is 0 Å². The maximum Gasteiger partial charge on any atom is 0.305 e. The molecule has 0 aromatic heterocycles. The van der Waals surface area contributed by atoms with Crippen molar-refractivity contribution in [3.05, 3.63) is 47.0 Å². The number of allylic oxidation sites excluding steroid dienone is 2. The molecule has 0 aliphatic carbocycles. The number of unbranched alkanes of at least 4 members (excludes halogenated alkanes) is 3. The maximum absolute atomic E-state index is 11.9. The quantitative estimate of drug-likeness (QED) is 0.313. The Morgan fingerprint density at radius 1 is 1.00 bits per heavy atom.